The Morgan fingerprint density at radius 3 is 2.50 bits per heavy atom. The first-order valence-corrected chi connectivity index (χ1v) is 9.58. The van der Waals surface area contributed by atoms with Crippen molar-refractivity contribution >= 4 is 39.3 Å². The lowest BCUT2D eigenvalue weighted by molar-refractivity contribution is 0.475. The third kappa shape index (κ3) is 4.24. The summed E-state index contributed by atoms with van der Waals surface area (Å²) in [6.07, 6.45) is 1.68. The van der Waals surface area contributed by atoms with E-state index >= 15 is 0 Å². The molecule has 0 spiro atoms. The van der Waals surface area contributed by atoms with Crippen LogP contribution in [0.15, 0.2) is 82.9 Å². The van der Waals surface area contributed by atoms with Gasteiger partial charge in [0.2, 0.25) is 0 Å². The molecule has 4 aromatic rings. The Morgan fingerprint density at radius 2 is 1.75 bits per heavy atom. The molecule has 3 aromatic carbocycles. The van der Waals surface area contributed by atoms with Crippen LogP contribution in [-0.2, 0) is 0 Å². The second-order valence-electron chi connectivity index (χ2n) is 6.24. The number of aromatic nitrogens is 1. The Bertz CT molecular complexity index is 1110. The fourth-order valence-electron chi connectivity index (χ4n) is 2.57. The Hall–Kier alpha value is -3.51. The number of aliphatic imine (C=N–C) groups is 1. The van der Waals surface area contributed by atoms with Crippen LogP contribution in [0, 0.1) is 6.92 Å². The monoisotopic (exact) mass is 386 g/mol. The molecule has 28 heavy (non-hydrogen) atoms. The topological polar surface area (TPSA) is 69.9 Å². The molecule has 0 saturated heterocycles. The van der Waals surface area contributed by atoms with Crippen LogP contribution in [-0.4, -0.2) is 22.1 Å². The van der Waals surface area contributed by atoms with Crippen molar-refractivity contribution in [3.8, 4) is 5.75 Å². The summed E-state index contributed by atoms with van der Waals surface area (Å²) < 4.78 is 1.10. The largest absolute Gasteiger partial charge is 0.508 e. The lowest BCUT2D eigenvalue weighted by Gasteiger charge is -2.03. The first kappa shape index (κ1) is 17.9. The van der Waals surface area contributed by atoms with Gasteiger partial charge in [-0.05, 0) is 61.0 Å². The average Bonchev–Trinajstić information content (AvgIpc) is 3.14. The van der Waals surface area contributed by atoms with Gasteiger partial charge in [0.05, 0.1) is 22.1 Å². The van der Waals surface area contributed by atoms with E-state index in [2.05, 4.69) is 15.5 Å². The molecule has 0 fully saturated rings. The molecule has 0 bridgehead atoms. The predicted molar refractivity (Wildman–Crippen MR) is 116 cm³/mol. The summed E-state index contributed by atoms with van der Waals surface area (Å²) in [5, 5.41) is 14.5. The average molecular weight is 386 g/mol. The zero-order valence-electron chi connectivity index (χ0n) is 15.2. The van der Waals surface area contributed by atoms with Crippen LogP contribution in [0.25, 0.3) is 10.2 Å². The third-order valence-electron chi connectivity index (χ3n) is 4.05. The molecule has 0 aliphatic rings. The van der Waals surface area contributed by atoms with E-state index in [0.717, 1.165) is 26.5 Å². The SMILES string of the molecule is Cc1ccc(N=C(NN=Cc2ccc(O)cc2)c2nc3ccccc3s2)cc1. The Kier molecular flexibility index (Phi) is 5.12. The number of hydrazone groups is 1. The molecule has 1 heterocycles. The van der Waals surface area contributed by atoms with Gasteiger partial charge in [-0.1, -0.05) is 29.8 Å². The van der Waals surface area contributed by atoms with Crippen LogP contribution in [0.1, 0.15) is 16.1 Å². The van der Waals surface area contributed by atoms with Gasteiger partial charge in [0.25, 0.3) is 0 Å². The van der Waals surface area contributed by atoms with Crippen LogP contribution in [0.3, 0.4) is 0 Å². The van der Waals surface area contributed by atoms with Gasteiger partial charge < -0.3 is 5.11 Å². The zero-order valence-corrected chi connectivity index (χ0v) is 16.0. The highest BCUT2D eigenvalue weighted by Crippen LogP contribution is 2.23. The third-order valence-corrected chi connectivity index (χ3v) is 5.09. The van der Waals surface area contributed by atoms with Crippen molar-refractivity contribution in [3.05, 3.63) is 88.9 Å². The number of phenolic OH excluding ortho intramolecular Hbond substituents is 1. The lowest BCUT2D eigenvalue weighted by Crippen LogP contribution is -2.18. The van der Waals surface area contributed by atoms with Gasteiger partial charge in [-0.15, -0.1) is 11.3 Å². The number of amidine groups is 1. The molecule has 0 aliphatic carbocycles. The molecule has 138 valence electrons. The summed E-state index contributed by atoms with van der Waals surface area (Å²) in [4.78, 5) is 9.39. The smallest absolute Gasteiger partial charge is 0.183 e. The number of aromatic hydroxyl groups is 1. The zero-order chi connectivity index (χ0) is 19.3. The molecule has 6 heteroatoms. The summed E-state index contributed by atoms with van der Waals surface area (Å²) in [6, 6.07) is 22.8. The van der Waals surface area contributed by atoms with Crippen molar-refractivity contribution in [1.82, 2.24) is 10.4 Å². The van der Waals surface area contributed by atoms with Crippen LogP contribution in [0.5, 0.6) is 5.75 Å². The van der Waals surface area contributed by atoms with Gasteiger partial charge >= 0.3 is 0 Å². The maximum Gasteiger partial charge on any atom is 0.183 e. The van der Waals surface area contributed by atoms with Gasteiger partial charge in [0.15, 0.2) is 10.8 Å². The molecule has 0 saturated carbocycles. The molecule has 5 nitrogen and oxygen atoms in total. The highest BCUT2D eigenvalue weighted by molar-refractivity contribution is 7.20. The normalized spacial score (nSPS) is 12.0. The molecule has 2 N–H and O–H groups in total. The number of hydrogen-bond donors (Lipinski definition) is 2. The van der Waals surface area contributed by atoms with Gasteiger partial charge in [0, 0.05) is 0 Å². The van der Waals surface area contributed by atoms with E-state index < -0.39 is 0 Å². The minimum Gasteiger partial charge on any atom is -0.508 e. The summed E-state index contributed by atoms with van der Waals surface area (Å²) >= 11 is 1.56. The summed E-state index contributed by atoms with van der Waals surface area (Å²) in [7, 11) is 0. The van der Waals surface area contributed by atoms with Crippen molar-refractivity contribution in [2.24, 2.45) is 10.1 Å². The minimum atomic E-state index is 0.223. The summed E-state index contributed by atoms with van der Waals surface area (Å²) in [6.45, 7) is 2.04. The van der Waals surface area contributed by atoms with Crippen molar-refractivity contribution in [3.63, 3.8) is 0 Å². The molecule has 0 amide bonds. The molecular weight excluding hydrogens is 368 g/mol. The number of para-hydroxylation sites is 1. The maximum absolute atomic E-state index is 9.39. The Labute approximate surface area is 166 Å². The highest BCUT2D eigenvalue weighted by atomic mass is 32.1. The number of aryl methyl sites for hydroxylation is 1. The van der Waals surface area contributed by atoms with Gasteiger partial charge in [-0.25, -0.2) is 9.98 Å². The molecular formula is C22H18N4OS. The summed E-state index contributed by atoms with van der Waals surface area (Å²) in [5.74, 6) is 0.807. The number of hydrogen-bond acceptors (Lipinski definition) is 5. The molecule has 0 radical (unpaired) electrons. The van der Waals surface area contributed by atoms with E-state index in [0.29, 0.717) is 5.84 Å². The van der Waals surface area contributed by atoms with Crippen molar-refractivity contribution < 1.29 is 5.11 Å². The fraction of sp³-hybridized carbons (Fsp3) is 0.0455. The van der Waals surface area contributed by atoms with E-state index in [9.17, 15) is 5.11 Å². The number of fused-ring (bicyclic) bond motifs is 1. The second kappa shape index (κ2) is 8.02. The fourth-order valence-corrected chi connectivity index (χ4v) is 3.48. The Balaban J connectivity index is 1.66. The molecule has 1 aromatic heterocycles. The van der Waals surface area contributed by atoms with Crippen molar-refractivity contribution in [1.29, 1.82) is 0 Å². The molecule has 0 aliphatic heterocycles. The lowest BCUT2D eigenvalue weighted by atomic mass is 10.2. The number of rotatable bonds is 4. The van der Waals surface area contributed by atoms with E-state index in [-0.39, 0.29) is 5.75 Å². The number of nitrogens with one attached hydrogen (secondary N) is 1. The number of phenols is 1. The van der Waals surface area contributed by atoms with Crippen LogP contribution >= 0.6 is 11.3 Å². The minimum absolute atomic E-state index is 0.223. The predicted octanol–water partition coefficient (Wildman–Crippen LogP) is 5.01. The second-order valence-corrected chi connectivity index (χ2v) is 7.27. The van der Waals surface area contributed by atoms with Crippen molar-refractivity contribution in [2.45, 2.75) is 6.92 Å². The van der Waals surface area contributed by atoms with E-state index in [1.165, 1.54) is 5.56 Å². The maximum atomic E-state index is 9.39. The first-order valence-electron chi connectivity index (χ1n) is 8.77. The van der Waals surface area contributed by atoms with Crippen LogP contribution in [0.4, 0.5) is 5.69 Å². The van der Waals surface area contributed by atoms with E-state index in [1.54, 1.807) is 41.8 Å². The number of thiazole rings is 1. The molecule has 0 atom stereocenters. The van der Waals surface area contributed by atoms with E-state index in [1.807, 2.05) is 55.5 Å². The number of nitrogens with zero attached hydrogens (tertiary/aromatic N) is 3. The quantitative estimate of drug-likeness (QED) is 0.294. The van der Waals surface area contributed by atoms with Gasteiger partial charge in [-0.2, -0.15) is 5.10 Å². The molecule has 4 rings (SSSR count). The highest BCUT2D eigenvalue weighted by Gasteiger charge is 2.10. The van der Waals surface area contributed by atoms with Gasteiger partial charge in [0.1, 0.15) is 5.75 Å². The first-order chi connectivity index (χ1) is 13.7. The van der Waals surface area contributed by atoms with Crippen LogP contribution in [0.2, 0.25) is 0 Å². The van der Waals surface area contributed by atoms with Crippen LogP contribution < -0.4 is 5.43 Å². The molecule has 0 unspecified atom stereocenters. The Morgan fingerprint density at radius 1 is 1.00 bits per heavy atom. The van der Waals surface area contributed by atoms with E-state index in [4.69, 9.17) is 4.99 Å². The number of benzene rings is 3. The standard InChI is InChI=1S/C22H18N4OS/c1-15-6-10-17(11-7-15)24-21(22-25-19-4-2-3-5-20(19)28-22)26-23-14-16-8-12-18(27)13-9-16/h2-14,27H,1H3,(H,24,26). The summed E-state index contributed by atoms with van der Waals surface area (Å²) in [5.41, 5.74) is 6.83. The van der Waals surface area contributed by atoms with Gasteiger partial charge in [-0.3, -0.25) is 5.43 Å². The van der Waals surface area contributed by atoms with Crippen molar-refractivity contribution in [2.75, 3.05) is 0 Å².